The summed E-state index contributed by atoms with van der Waals surface area (Å²) in [6.45, 7) is 4.06. The van der Waals surface area contributed by atoms with Crippen LogP contribution in [0, 0.1) is 0 Å². The lowest BCUT2D eigenvalue weighted by Crippen LogP contribution is -2.28. The number of hydrogen-bond acceptors (Lipinski definition) is 4. The molecule has 4 rings (SSSR count). The molecule has 1 unspecified atom stereocenters. The largest absolute Gasteiger partial charge is 0.495 e. The molecule has 0 saturated heterocycles. The minimum atomic E-state index is -0.361. The van der Waals surface area contributed by atoms with E-state index in [0.29, 0.717) is 0 Å². The summed E-state index contributed by atoms with van der Waals surface area (Å²) in [5, 5.41) is 0. The van der Waals surface area contributed by atoms with Gasteiger partial charge < -0.3 is 18.9 Å². The summed E-state index contributed by atoms with van der Waals surface area (Å²) in [6.07, 6.45) is 4.67. The van der Waals surface area contributed by atoms with Crippen LogP contribution in [-0.2, 0) is 4.74 Å². The highest BCUT2D eigenvalue weighted by Gasteiger charge is 2.36. The Morgan fingerprint density at radius 2 is 1.85 bits per heavy atom. The van der Waals surface area contributed by atoms with Crippen molar-refractivity contribution in [3.05, 3.63) is 59.2 Å². The Morgan fingerprint density at radius 1 is 1.08 bits per heavy atom. The second kappa shape index (κ2) is 6.36. The molecule has 2 heterocycles. The highest BCUT2D eigenvalue weighted by molar-refractivity contribution is 5.72. The van der Waals surface area contributed by atoms with Crippen LogP contribution in [0.25, 0.3) is 6.08 Å². The van der Waals surface area contributed by atoms with Gasteiger partial charge in [0.25, 0.3) is 0 Å². The fraction of sp³-hybridized carbons (Fsp3) is 0.364. The number of fused-ring (bicyclic) bond motifs is 2. The molecule has 2 aromatic carbocycles. The molecule has 136 valence electrons. The van der Waals surface area contributed by atoms with E-state index >= 15 is 0 Å². The van der Waals surface area contributed by atoms with E-state index in [4.69, 9.17) is 18.9 Å². The lowest BCUT2D eigenvalue weighted by molar-refractivity contribution is 0.0275. The Balaban J connectivity index is 1.83. The summed E-state index contributed by atoms with van der Waals surface area (Å²) in [6, 6.07) is 12.2. The van der Waals surface area contributed by atoms with E-state index in [0.717, 1.165) is 40.4 Å². The van der Waals surface area contributed by atoms with Crippen LogP contribution in [0.4, 0.5) is 0 Å². The quantitative estimate of drug-likeness (QED) is 0.771. The summed E-state index contributed by atoms with van der Waals surface area (Å²) < 4.78 is 24.1. The van der Waals surface area contributed by atoms with E-state index in [1.807, 2.05) is 44.2 Å². The first-order chi connectivity index (χ1) is 12.5. The third kappa shape index (κ3) is 2.84. The fourth-order valence-corrected chi connectivity index (χ4v) is 3.71. The molecular formula is C22H24O4. The van der Waals surface area contributed by atoms with Crippen molar-refractivity contribution in [1.29, 1.82) is 0 Å². The van der Waals surface area contributed by atoms with E-state index in [1.165, 1.54) is 0 Å². The average Bonchev–Trinajstić information content (AvgIpc) is 2.65. The summed E-state index contributed by atoms with van der Waals surface area (Å²) in [5.41, 5.74) is 2.67. The van der Waals surface area contributed by atoms with Crippen molar-refractivity contribution >= 4 is 6.08 Å². The minimum Gasteiger partial charge on any atom is -0.495 e. The molecule has 4 heteroatoms. The summed E-state index contributed by atoms with van der Waals surface area (Å²) in [5.74, 6) is 2.30. The van der Waals surface area contributed by atoms with Gasteiger partial charge in [-0.2, -0.15) is 0 Å². The molecule has 0 spiro atoms. The molecule has 0 bridgehead atoms. The van der Waals surface area contributed by atoms with Crippen LogP contribution in [0.5, 0.6) is 17.2 Å². The maximum Gasteiger partial charge on any atom is 0.139 e. The van der Waals surface area contributed by atoms with Crippen molar-refractivity contribution in [2.75, 3.05) is 14.2 Å². The van der Waals surface area contributed by atoms with Crippen LogP contribution in [-0.4, -0.2) is 19.8 Å². The smallest absolute Gasteiger partial charge is 0.139 e. The number of rotatable bonds is 3. The topological polar surface area (TPSA) is 36.9 Å². The first kappa shape index (κ1) is 17.0. The molecule has 4 nitrogen and oxygen atoms in total. The number of benzene rings is 2. The second-order valence-electron chi connectivity index (χ2n) is 7.25. The van der Waals surface area contributed by atoms with Gasteiger partial charge in [0.05, 0.1) is 24.3 Å². The van der Waals surface area contributed by atoms with E-state index in [1.54, 1.807) is 14.2 Å². The number of ether oxygens (including phenoxy) is 4. The molecule has 0 radical (unpaired) electrons. The summed E-state index contributed by atoms with van der Waals surface area (Å²) >= 11 is 0. The van der Waals surface area contributed by atoms with Gasteiger partial charge in [0.15, 0.2) is 0 Å². The summed E-state index contributed by atoms with van der Waals surface area (Å²) in [7, 11) is 3.41. The van der Waals surface area contributed by atoms with Gasteiger partial charge in [0.2, 0.25) is 0 Å². The van der Waals surface area contributed by atoms with Crippen LogP contribution < -0.4 is 14.2 Å². The second-order valence-corrected chi connectivity index (χ2v) is 7.25. The van der Waals surface area contributed by atoms with Gasteiger partial charge >= 0.3 is 0 Å². The Kier molecular flexibility index (Phi) is 4.16. The third-order valence-corrected chi connectivity index (χ3v) is 4.99. The molecule has 2 aromatic rings. The molecule has 0 aliphatic carbocycles. The van der Waals surface area contributed by atoms with Gasteiger partial charge in [-0.05, 0) is 31.6 Å². The van der Waals surface area contributed by atoms with Crippen molar-refractivity contribution in [2.24, 2.45) is 0 Å². The molecule has 2 atom stereocenters. The molecule has 0 aromatic heterocycles. The predicted octanol–water partition coefficient (Wildman–Crippen LogP) is 5.09. The Hall–Kier alpha value is -2.46. The molecule has 2 aliphatic heterocycles. The SMILES string of the molecule is COc1c2c(cc3c1C(OC)C[C@@H](c1ccccc1)O3)OC(C)(C)C=C2. The number of hydrogen-bond donors (Lipinski definition) is 0. The lowest BCUT2D eigenvalue weighted by atomic mass is 9.91. The van der Waals surface area contributed by atoms with Gasteiger partial charge in [0.1, 0.15) is 29.0 Å². The Labute approximate surface area is 154 Å². The van der Waals surface area contributed by atoms with Gasteiger partial charge in [-0.25, -0.2) is 0 Å². The molecular weight excluding hydrogens is 328 g/mol. The molecule has 0 saturated carbocycles. The first-order valence-corrected chi connectivity index (χ1v) is 8.90. The van der Waals surface area contributed by atoms with Crippen molar-refractivity contribution in [3.8, 4) is 17.2 Å². The monoisotopic (exact) mass is 352 g/mol. The average molecular weight is 352 g/mol. The number of methoxy groups -OCH3 is 2. The highest BCUT2D eigenvalue weighted by Crippen LogP contribution is 2.52. The minimum absolute atomic E-state index is 0.0662. The maximum absolute atomic E-state index is 6.36. The van der Waals surface area contributed by atoms with E-state index in [2.05, 4.69) is 18.2 Å². The van der Waals surface area contributed by atoms with Gasteiger partial charge in [0, 0.05) is 19.6 Å². The van der Waals surface area contributed by atoms with E-state index < -0.39 is 0 Å². The fourth-order valence-electron chi connectivity index (χ4n) is 3.71. The van der Waals surface area contributed by atoms with E-state index in [9.17, 15) is 0 Å². The highest BCUT2D eigenvalue weighted by atomic mass is 16.5. The zero-order chi connectivity index (χ0) is 18.3. The molecule has 2 aliphatic rings. The van der Waals surface area contributed by atoms with E-state index in [-0.39, 0.29) is 17.8 Å². The predicted molar refractivity (Wildman–Crippen MR) is 101 cm³/mol. The van der Waals surface area contributed by atoms with Crippen LogP contribution in [0.2, 0.25) is 0 Å². The normalized spacial score (nSPS) is 22.6. The van der Waals surface area contributed by atoms with Crippen molar-refractivity contribution in [2.45, 2.75) is 38.1 Å². The van der Waals surface area contributed by atoms with Crippen molar-refractivity contribution in [3.63, 3.8) is 0 Å². The third-order valence-electron chi connectivity index (χ3n) is 4.99. The Morgan fingerprint density at radius 3 is 2.54 bits per heavy atom. The standard InChI is InChI=1S/C22H24O4/c1-22(2)11-10-15-17(26-22)13-19-20(21(15)24-4)18(23-3)12-16(25-19)14-8-6-5-7-9-14/h5-11,13,16,18H,12H2,1-4H3/t16-,18?/m0/s1. The summed E-state index contributed by atoms with van der Waals surface area (Å²) in [4.78, 5) is 0. The Bertz CT molecular complexity index is 839. The van der Waals surface area contributed by atoms with Crippen molar-refractivity contribution < 1.29 is 18.9 Å². The van der Waals surface area contributed by atoms with Gasteiger partial charge in [-0.15, -0.1) is 0 Å². The molecule has 0 fully saturated rings. The van der Waals surface area contributed by atoms with Gasteiger partial charge in [-0.3, -0.25) is 0 Å². The van der Waals surface area contributed by atoms with Crippen LogP contribution in [0.3, 0.4) is 0 Å². The lowest BCUT2D eigenvalue weighted by Gasteiger charge is -2.36. The van der Waals surface area contributed by atoms with Crippen molar-refractivity contribution in [1.82, 2.24) is 0 Å². The zero-order valence-corrected chi connectivity index (χ0v) is 15.6. The molecule has 0 amide bonds. The van der Waals surface area contributed by atoms with Gasteiger partial charge in [-0.1, -0.05) is 30.3 Å². The van der Waals surface area contributed by atoms with Crippen LogP contribution in [0.15, 0.2) is 42.5 Å². The van der Waals surface area contributed by atoms with Crippen LogP contribution >= 0.6 is 0 Å². The molecule has 0 N–H and O–H groups in total. The zero-order valence-electron chi connectivity index (χ0n) is 15.6. The van der Waals surface area contributed by atoms with Crippen LogP contribution in [0.1, 0.15) is 49.2 Å². The first-order valence-electron chi connectivity index (χ1n) is 8.90. The maximum atomic E-state index is 6.36. The molecule has 26 heavy (non-hydrogen) atoms.